The number of pyridine rings is 1. The van der Waals surface area contributed by atoms with Gasteiger partial charge in [0.15, 0.2) is 0 Å². The molecule has 5 heteroatoms. The van der Waals surface area contributed by atoms with Crippen molar-refractivity contribution in [2.24, 2.45) is 0 Å². The highest BCUT2D eigenvalue weighted by atomic mass is 15.1. The smallest absolute Gasteiger partial charge is 0.0710 e. The van der Waals surface area contributed by atoms with Crippen LogP contribution < -0.4 is 5.32 Å². The van der Waals surface area contributed by atoms with Crippen molar-refractivity contribution in [3.63, 3.8) is 0 Å². The van der Waals surface area contributed by atoms with Crippen LogP contribution >= 0.6 is 0 Å². The molecule has 2 aromatic heterocycles. The summed E-state index contributed by atoms with van der Waals surface area (Å²) in [5.74, 6) is 0. The third kappa shape index (κ3) is 4.37. The molecule has 114 valence electrons. The first-order valence-electron chi connectivity index (χ1n) is 7.63. The molecular weight excluding hydrogens is 262 g/mol. The minimum Gasteiger partial charge on any atom is -0.309 e. The summed E-state index contributed by atoms with van der Waals surface area (Å²) in [6, 6.07) is 4.43. The van der Waals surface area contributed by atoms with Crippen LogP contribution in [0.3, 0.4) is 0 Å². The van der Waals surface area contributed by atoms with E-state index in [1.807, 2.05) is 24.5 Å². The van der Waals surface area contributed by atoms with Gasteiger partial charge in [0.1, 0.15) is 0 Å². The van der Waals surface area contributed by atoms with E-state index >= 15 is 0 Å². The number of likely N-dealkylation sites (N-methyl/N-ethyl adjacent to an activating group) is 1. The Morgan fingerprint density at radius 1 is 1.29 bits per heavy atom. The maximum absolute atomic E-state index is 4.17. The van der Waals surface area contributed by atoms with E-state index in [4.69, 9.17) is 0 Å². The zero-order valence-corrected chi connectivity index (χ0v) is 13.1. The molecule has 0 aliphatic carbocycles. The third-order valence-electron chi connectivity index (χ3n) is 3.74. The fraction of sp³-hybridized carbons (Fsp3) is 0.500. The van der Waals surface area contributed by atoms with Crippen LogP contribution in [0.4, 0.5) is 0 Å². The van der Waals surface area contributed by atoms with Crippen molar-refractivity contribution in [2.75, 3.05) is 19.6 Å². The lowest BCUT2D eigenvalue weighted by Crippen LogP contribution is -2.38. The fourth-order valence-corrected chi connectivity index (χ4v) is 2.42. The van der Waals surface area contributed by atoms with Crippen molar-refractivity contribution in [3.05, 3.63) is 36.3 Å². The van der Waals surface area contributed by atoms with Crippen molar-refractivity contribution in [2.45, 2.75) is 33.4 Å². The van der Waals surface area contributed by atoms with Gasteiger partial charge >= 0.3 is 0 Å². The van der Waals surface area contributed by atoms with Crippen molar-refractivity contribution >= 4 is 0 Å². The molecule has 21 heavy (non-hydrogen) atoms. The number of H-pyrrole nitrogens is 1. The number of hydrogen-bond acceptors (Lipinski definition) is 4. The van der Waals surface area contributed by atoms with E-state index in [-0.39, 0.29) is 0 Å². The summed E-state index contributed by atoms with van der Waals surface area (Å²) in [5.41, 5.74) is 3.29. The number of nitrogens with one attached hydrogen (secondary N) is 2. The van der Waals surface area contributed by atoms with Crippen LogP contribution in [-0.2, 0) is 6.54 Å². The molecule has 1 atom stereocenters. The van der Waals surface area contributed by atoms with E-state index < -0.39 is 0 Å². The summed E-state index contributed by atoms with van der Waals surface area (Å²) in [4.78, 5) is 6.59. The van der Waals surface area contributed by atoms with Gasteiger partial charge in [0.05, 0.1) is 11.9 Å². The zero-order valence-electron chi connectivity index (χ0n) is 13.1. The topological polar surface area (TPSA) is 56.8 Å². The molecule has 0 aliphatic heterocycles. The van der Waals surface area contributed by atoms with Gasteiger partial charge in [0.25, 0.3) is 0 Å². The third-order valence-corrected chi connectivity index (χ3v) is 3.74. The van der Waals surface area contributed by atoms with Gasteiger partial charge in [-0.3, -0.25) is 10.1 Å². The quantitative estimate of drug-likeness (QED) is 0.782. The normalized spacial score (nSPS) is 12.8. The van der Waals surface area contributed by atoms with E-state index in [0.717, 1.165) is 37.4 Å². The number of hydrogen-bond donors (Lipinski definition) is 2. The fourth-order valence-electron chi connectivity index (χ4n) is 2.42. The van der Waals surface area contributed by atoms with Gasteiger partial charge in [-0.15, -0.1) is 0 Å². The van der Waals surface area contributed by atoms with E-state index in [2.05, 4.69) is 46.2 Å². The predicted molar refractivity (Wildman–Crippen MR) is 85.9 cm³/mol. The van der Waals surface area contributed by atoms with Gasteiger partial charge in [-0.2, -0.15) is 5.10 Å². The Balaban J connectivity index is 1.94. The van der Waals surface area contributed by atoms with Gasteiger partial charge in [0, 0.05) is 42.7 Å². The number of aromatic nitrogens is 3. The van der Waals surface area contributed by atoms with E-state index in [9.17, 15) is 0 Å². The molecule has 0 aromatic carbocycles. The highest BCUT2D eigenvalue weighted by Gasteiger charge is 2.10. The SMILES string of the molecule is CCN(CC)CC(C)NCc1cn[nH]c1-c1cccnc1. The van der Waals surface area contributed by atoms with Crippen molar-refractivity contribution in [3.8, 4) is 11.3 Å². The summed E-state index contributed by atoms with van der Waals surface area (Å²) in [5, 5.41) is 10.8. The zero-order chi connectivity index (χ0) is 15.1. The molecule has 2 heterocycles. The first kappa shape index (κ1) is 15.7. The molecular formula is C16H25N5. The second-order valence-electron chi connectivity index (χ2n) is 5.28. The standard InChI is InChI=1S/C16H25N5/c1-4-21(5-2)12-13(3)18-10-15-11-19-20-16(15)14-7-6-8-17-9-14/h6-9,11,13,18H,4-5,10,12H2,1-3H3,(H,19,20). The van der Waals surface area contributed by atoms with Crippen LogP contribution in [0.2, 0.25) is 0 Å². The van der Waals surface area contributed by atoms with Crippen LogP contribution in [0.1, 0.15) is 26.3 Å². The molecule has 0 bridgehead atoms. The molecule has 0 amide bonds. The highest BCUT2D eigenvalue weighted by Crippen LogP contribution is 2.19. The van der Waals surface area contributed by atoms with Gasteiger partial charge < -0.3 is 10.2 Å². The molecule has 0 fully saturated rings. The average molecular weight is 287 g/mol. The Bertz CT molecular complexity index is 518. The predicted octanol–water partition coefficient (Wildman–Crippen LogP) is 2.29. The molecule has 5 nitrogen and oxygen atoms in total. The molecule has 2 aromatic rings. The summed E-state index contributed by atoms with van der Waals surface area (Å²) in [6.07, 6.45) is 5.53. The maximum Gasteiger partial charge on any atom is 0.0710 e. The Kier molecular flexibility index (Phi) is 5.90. The lowest BCUT2D eigenvalue weighted by molar-refractivity contribution is 0.271. The molecule has 0 saturated heterocycles. The van der Waals surface area contributed by atoms with E-state index in [1.165, 1.54) is 5.56 Å². The van der Waals surface area contributed by atoms with Crippen molar-refractivity contribution < 1.29 is 0 Å². The minimum absolute atomic E-state index is 0.446. The summed E-state index contributed by atoms with van der Waals surface area (Å²) < 4.78 is 0. The Hall–Kier alpha value is -1.72. The van der Waals surface area contributed by atoms with Gasteiger partial charge in [-0.25, -0.2) is 0 Å². The van der Waals surface area contributed by atoms with Crippen LogP contribution in [0.25, 0.3) is 11.3 Å². The van der Waals surface area contributed by atoms with Gasteiger partial charge in [-0.05, 0) is 32.1 Å². The maximum atomic E-state index is 4.17. The van der Waals surface area contributed by atoms with E-state index in [1.54, 1.807) is 6.20 Å². The molecule has 2 rings (SSSR count). The summed E-state index contributed by atoms with van der Waals surface area (Å²) in [7, 11) is 0. The second kappa shape index (κ2) is 7.90. The van der Waals surface area contributed by atoms with Crippen LogP contribution in [0, 0.1) is 0 Å². The highest BCUT2D eigenvalue weighted by molar-refractivity contribution is 5.61. The Morgan fingerprint density at radius 3 is 2.76 bits per heavy atom. The van der Waals surface area contributed by atoms with Crippen LogP contribution in [0.5, 0.6) is 0 Å². The second-order valence-corrected chi connectivity index (χ2v) is 5.28. The van der Waals surface area contributed by atoms with Crippen LogP contribution in [0.15, 0.2) is 30.7 Å². The molecule has 2 N–H and O–H groups in total. The monoisotopic (exact) mass is 287 g/mol. The molecule has 1 unspecified atom stereocenters. The van der Waals surface area contributed by atoms with Crippen molar-refractivity contribution in [1.29, 1.82) is 0 Å². The number of aromatic amines is 1. The lowest BCUT2D eigenvalue weighted by atomic mass is 10.1. The Labute approximate surface area is 126 Å². The summed E-state index contributed by atoms with van der Waals surface area (Å²) in [6.45, 7) is 10.7. The van der Waals surface area contributed by atoms with Crippen LogP contribution in [-0.4, -0.2) is 45.8 Å². The molecule has 0 radical (unpaired) electrons. The molecule has 0 saturated carbocycles. The minimum atomic E-state index is 0.446. The molecule has 0 aliphatic rings. The lowest BCUT2D eigenvalue weighted by Gasteiger charge is -2.23. The van der Waals surface area contributed by atoms with Gasteiger partial charge in [-0.1, -0.05) is 13.8 Å². The van der Waals surface area contributed by atoms with Gasteiger partial charge in [0.2, 0.25) is 0 Å². The Morgan fingerprint density at radius 2 is 2.10 bits per heavy atom. The number of rotatable bonds is 8. The molecule has 0 spiro atoms. The largest absolute Gasteiger partial charge is 0.309 e. The number of nitrogens with zero attached hydrogens (tertiary/aromatic N) is 3. The first-order valence-corrected chi connectivity index (χ1v) is 7.63. The van der Waals surface area contributed by atoms with E-state index in [0.29, 0.717) is 6.04 Å². The average Bonchev–Trinajstić information content (AvgIpc) is 3.00. The van der Waals surface area contributed by atoms with Crippen molar-refractivity contribution in [1.82, 2.24) is 25.4 Å². The first-order chi connectivity index (χ1) is 10.2. The summed E-state index contributed by atoms with van der Waals surface area (Å²) >= 11 is 0.